The molecule has 0 spiro atoms. The topological polar surface area (TPSA) is 20.2 Å². The first-order valence-electron chi connectivity index (χ1n) is 5.64. The lowest BCUT2D eigenvalue weighted by Crippen LogP contribution is -2.11. The molecule has 88 valence electrons. The third-order valence-corrected chi connectivity index (χ3v) is 5.00. The molecule has 3 heteroatoms. The minimum atomic E-state index is -0.362. The third-order valence-electron chi connectivity index (χ3n) is 3.46. The van der Waals surface area contributed by atoms with Crippen molar-refractivity contribution >= 4 is 31.9 Å². The molecule has 1 fully saturated rings. The predicted octanol–water partition coefficient (Wildman–Crippen LogP) is 4.60. The molecule has 0 heterocycles. The number of halogens is 2. The van der Waals surface area contributed by atoms with Crippen molar-refractivity contribution in [3.8, 4) is 0 Å². The van der Waals surface area contributed by atoms with Crippen LogP contribution in [0.3, 0.4) is 0 Å². The van der Waals surface area contributed by atoms with Gasteiger partial charge in [0, 0.05) is 8.95 Å². The minimum Gasteiger partial charge on any atom is -0.388 e. The van der Waals surface area contributed by atoms with Gasteiger partial charge in [-0.25, -0.2) is 0 Å². The van der Waals surface area contributed by atoms with Gasteiger partial charge < -0.3 is 5.11 Å². The Bertz CT molecular complexity index is 399. The van der Waals surface area contributed by atoms with E-state index in [1.54, 1.807) is 0 Å². The van der Waals surface area contributed by atoms with Crippen LogP contribution in [0.5, 0.6) is 0 Å². The van der Waals surface area contributed by atoms with Gasteiger partial charge in [-0.15, -0.1) is 0 Å². The lowest BCUT2D eigenvalue weighted by molar-refractivity contribution is 0.105. The number of rotatable bonds is 3. The number of aryl methyl sites for hydroxylation is 1. The van der Waals surface area contributed by atoms with Gasteiger partial charge in [0.05, 0.1) is 6.10 Å². The fraction of sp³-hybridized carbons (Fsp3) is 0.538. The van der Waals surface area contributed by atoms with Crippen molar-refractivity contribution in [3.05, 3.63) is 32.2 Å². The van der Waals surface area contributed by atoms with Crippen LogP contribution < -0.4 is 0 Å². The van der Waals surface area contributed by atoms with Gasteiger partial charge in [0.25, 0.3) is 0 Å². The smallest absolute Gasteiger partial charge is 0.0829 e. The van der Waals surface area contributed by atoms with E-state index in [4.69, 9.17) is 0 Å². The summed E-state index contributed by atoms with van der Waals surface area (Å²) in [6.07, 6.45) is 2.17. The Balaban J connectivity index is 2.28. The van der Waals surface area contributed by atoms with E-state index in [2.05, 4.69) is 51.8 Å². The second kappa shape index (κ2) is 4.79. The first kappa shape index (κ1) is 12.6. The standard InChI is InChI=1S/C13H16Br2O/c1-7-5-12(15)10(6-11(7)14)13(16)8(2)9-3-4-9/h5-6,8-9,13,16H,3-4H2,1-2H3. The van der Waals surface area contributed by atoms with Gasteiger partial charge in [-0.05, 0) is 54.9 Å². The van der Waals surface area contributed by atoms with E-state index >= 15 is 0 Å². The van der Waals surface area contributed by atoms with Crippen molar-refractivity contribution < 1.29 is 5.11 Å². The van der Waals surface area contributed by atoms with Gasteiger partial charge in [0.2, 0.25) is 0 Å². The second-order valence-corrected chi connectivity index (χ2v) is 6.47. The van der Waals surface area contributed by atoms with Gasteiger partial charge in [-0.2, -0.15) is 0 Å². The molecule has 0 aliphatic heterocycles. The molecule has 1 nitrogen and oxygen atoms in total. The summed E-state index contributed by atoms with van der Waals surface area (Å²) in [5, 5.41) is 10.3. The maximum atomic E-state index is 10.3. The molecule has 2 unspecified atom stereocenters. The van der Waals surface area contributed by atoms with Crippen molar-refractivity contribution in [2.75, 3.05) is 0 Å². The molecular formula is C13H16Br2O. The van der Waals surface area contributed by atoms with Crippen LogP contribution in [0.4, 0.5) is 0 Å². The lowest BCUT2D eigenvalue weighted by atomic mass is 9.93. The van der Waals surface area contributed by atoms with Crippen LogP contribution in [-0.2, 0) is 0 Å². The number of benzene rings is 1. The average molecular weight is 348 g/mol. The molecule has 2 rings (SSSR count). The van der Waals surface area contributed by atoms with E-state index in [-0.39, 0.29) is 6.10 Å². The average Bonchev–Trinajstić information content (AvgIpc) is 3.05. The number of aliphatic hydroxyl groups excluding tert-OH is 1. The summed E-state index contributed by atoms with van der Waals surface area (Å²) in [6, 6.07) is 4.09. The third kappa shape index (κ3) is 2.52. The Morgan fingerprint density at radius 2 is 1.88 bits per heavy atom. The molecule has 16 heavy (non-hydrogen) atoms. The van der Waals surface area contributed by atoms with Gasteiger partial charge >= 0.3 is 0 Å². The van der Waals surface area contributed by atoms with Crippen molar-refractivity contribution in [2.45, 2.75) is 32.8 Å². The van der Waals surface area contributed by atoms with Crippen LogP contribution in [-0.4, -0.2) is 5.11 Å². The van der Waals surface area contributed by atoms with Gasteiger partial charge in [-0.1, -0.05) is 38.8 Å². The number of hydrogen-bond donors (Lipinski definition) is 1. The molecule has 0 saturated heterocycles. The van der Waals surface area contributed by atoms with Gasteiger partial charge in [-0.3, -0.25) is 0 Å². The summed E-state index contributed by atoms with van der Waals surface area (Å²) < 4.78 is 2.07. The highest BCUT2D eigenvalue weighted by Crippen LogP contribution is 2.44. The Morgan fingerprint density at radius 1 is 1.25 bits per heavy atom. The summed E-state index contributed by atoms with van der Waals surface area (Å²) in [5.74, 6) is 1.06. The monoisotopic (exact) mass is 346 g/mol. The molecule has 1 aliphatic carbocycles. The van der Waals surface area contributed by atoms with Crippen LogP contribution in [0, 0.1) is 18.8 Å². The molecule has 1 N–H and O–H groups in total. The number of hydrogen-bond acceptors (Lipinski definition) is 1. The molecule has 1 aliphatic rings. The van der Waals surface area contributed by atoms with Crippen molar-refractivity contribution in [3.63, 3.8) is 0 Å². The van der Waals surface area contributed by atoms with Gasteiger partial charge in [0.1, 0.15) is 0 Å². The molecular weight excluding hydrogens is 332 g/mol. The maximum Gasteiger partial charge on any atom is 0.0829 e. The lowest BCUT2D eigenvalue weighted by Gasteiger charge is -2.20. The SMILES string of the molecule is Cc1cc(Br)c(C(O)C(C)C2CC2)cc1Br. The zero-order chi connectivity index (χ0) is 11.9. The van der Waals surface area contributed by atoms with Crippen LogP contribution in [0.25, 0.3) is 0 Å². The molecule has 0 bridgehead atoms. The highest BCUT2D eigenvalue weighted by atomic mass is 79.9. The van der Waals surface area contributed by atoms with E-state index in [1.807, 2.05) is 6.07 Å². The van der Waals surface area contributed by atoms with E-state index < -0.39 is 0 Å². The molecule has 0 amide bonds. The Hall–Kier alpha value is 0.140. The fourth-order valence-corrected chi connectivity index (χ4v) is 3.10. The summed E-state index contributed by atoms with van der Waals surface area (Å²) in [5.41, 5.74) is 2.18. The fourth-order valence-electron chi connectivity index (χ4n) is 2.05. The number of aliphatic hydroxyl groups is 1. The van der Waals surface area contributed by atoms with Crippen molar-refractivity contribution in [1.29, 1.82) is 0 Å². The van der Waals surface area contributed by atoms with Gasteiger partial charge in [0.15, 0.2) is 0 Å². The quantitative estimate of drug-likeness (QED) is 0.847. The molecule has 2 atom stereocenters. The first-order chi connectivity index (χ1) is 7.50. The largest absolute Gasteiger partial charge is 0.388 e. The summed E-state index contributed by atoms with van der Waals surface area (Å²) in [7, 11) is 0. The summed E-state index contributed by atoms with van der Waals surface area (Å²) >= 11 is 7.06. The molecule has 0 radical (unpaired) electrons. The molecule has 1 aromatic rings. The molecule has 1 aromatic carbocycles. The van der Waals surface area contributed by atoms with E-state index in [1.165, 1.54) is 18.4 Å². The zero-order valence-electron chi connectivity index (χ0n) is 9.50. The van der Waals surface area contributed by atoms with Crippen LogP contribution in [0.2, 0.25) is 0 Å². The zero-order valence-corrected chi connectivity index (χ0v) is 12.7. The summed E-state index contributed by atoms with van der Waals surface area (Å²) in [4.78, 5) is 0. The van der Waals surface area contributed by atoms with E-state index in [9.17, 15) is 5.11 Å². The Kier molecular flexibility index (Phi) is 3.77. The van der Waals surface area contributed by atoms with Crippen LogP contribution >= 0.6 is 31.9 Å². The Morgan fingerprint density at radius 3 is 2.44 bits per heavy atom. The second-order valence-electron chi connectivity index (χ2n) is 4.76. The highest BCUT2D eigenvalue weighted by molar-refractivity contribution is 9.11. The molecule has 0 aromatic heterocycles. The summed E-state index contributed by atoms with van der Waals surface area (Å²) in [6.45, 7) is 4.19. The maximum absolute atomic E-state index is 10.3. The van der Waals surface area contributed by atoms with Crippen LogP contribution in [0.15, 0.2) is 21.1 Å². The first-order valence-corrected chi connectivity index (χ1v) is 7.23. The predicted molar refractivity (Wildman–Crippen MR) is 73.4 cm³/mol. The normalized spacial score (nSPS) is 19.6. The Labute approximate surface area is 114 Å². The minimum absolute atomic E-state index is 0.353. The van der Waals surface area contributed by atoms with E-state index in [0.29, 0.717) is 11.8 Å². The van der Waals surface area contributed by atoms with Crippen LogP contribution in [0.1, 0.15) is 37.0 Å². The van der Waals surface area contributed by atoms with E-state index in [0.717, 1.165) is 14.5 Å². The van der Waals surface area contributed by atoms with Crippen molar-refractivity contribution in [2.24, 2.45) is 11.8 Å². The van der Waals surface area contributed by atoms with Crippen molar-refractivity contribution in [1.82, 2.24) is 0 Å². The highest BCUT2D eigenvalue weighted by Gasteiger charge is 2.33. The molecule has 1 saturated carbocycles.